The standard InChI is InChI=1S/C28H32FN3O4/c1-22-7-12-26(36-22)20-32(19-23-5-3-2-4-6-23)27(33)21-31(14-13-30-15-17-35-18-16-30)28(34)24-8-10-25(29)11-9-24/h2-12H,13-21H2,1H3. The third-order valence-electron chi connectivity index (χ3n) is 6.21. The van der Waals surface area contributed by atoms with Crippen LogP contribution in [0.1, 0.15) is 27.4 Å². The van der Waals surface area contributed by atoms with Crippen LogP contribution >= 0.6 is 0 Å². The molecule has 1 aromatic heterocycles. The number of ether oxygens (including phenoxy) is 1. The Kier molecular flexibility index (Phi) is 8.86. The number of nitrogens with zero attached hydrogens (tertiary/aromatic N) is 3. The maximum absolute atomic E-state index is 13.6. The van der Waals surface area contributed by atoms with Gasteiger partial charge in [-0.15, -0.1) is 0 Å². The zero-order valence-electron chi connectivity index (χ0n) is 20.6. The first-order valence-corrected chi connectivity index (χ1v) is 12.2. The maximum atomic E-state index is 13.6. The number of halogens is 1. The second-order valence-electron chi connectivity index (χ2n) is 8.94. The summed E-state index contributed by atoms with van der Waals surface area (Å²) in [4.78, 5) is 32.5. The van der Waals surface area contributed by atoms with Crippen molar-refractivity contribution in [3.05, 3.63) is 95.2 Å². The predicted octanol–water partition coefficient (Wildman–Crippen LogP) is 3.73. The Balaban J connectivity index is 1.52. The van der Waals surface area contributed by atoms with Crippen LogP contribution in [-0.2, 0) is 22.6 Å². The summed E-state index contributed by atoms with van der Waals surface area (Å²) in [6.07, 6.45) is 0. The molecule has 0 radical (unpaired) electrons. The Hall–Kier alpha value is -3.49. The molecule has 0 spiro atoms. The van der Waals surface area contributed by atoms with E-state index >= 15 is 0 Å². The lowest BCUT2D eigenvalue weighted by Crippen LogP contribution is -2.47. The Bertz CT molecular complexity index is 1130. The van der Waals surface area contributed by atoms with Crippen molar-refractivity contribution in [3.8, 4) is 0 Å². The van der Waals surface area contributed by atoms with E-state index in [1.54, 1.807) is 9.80 Å². The highest BCUT2D eigenvalue weighted by molar-refractivity contribution is 5.96. The topological polar surface area (TPSA) is 66.2 Å². The first-order valence-electron chi connectivity index (χ1n) is 12.2. The van der Waals surface area contributed by atoms with E-state index in [2.05, 4.69) is 4.90 Å². The smallest absolute Gasteiger partial charge is 0.254 e. The van der Waals surface area contributed by atoms with Gasteiger partial charge in [0.05, 0.1) is 19.8 Å². The van der Waals surface area contributed by atoms with Gasteiger partial charge < -0.3 is 19.0 Å². The van der Waals surface area contributed by atoms with Crippen LogP contribution in [0.25, 0.3) is 0 Å². The third kappa shape index (κ3) is 7.26. The summed E-state index contributed by atoms with van der Waals surface area (Å²) in [7, 11) is 0. The number of carbonyl (C=O) groups is 2. The summed E-state index contributed by atoms with van der Waals surface area (Å²) in [5, 5.41) is 0. The van der Waals surface area contributed by atoms with Crippen molar-refractivity contribution < 1.29 is 23.1 Å². The number of carbonyl (C=O) groups excluding carboxylic acids is 2. The minimum Gasteiger partial charge on any atom is -0.464 e. The summed E-state index contributed by atoms with van der Waals surface area (Å²) < 4.78 is 24.6. The summed E-state index contributed by atoms with van der Waals surface area (Å²) in [5.74, 6) is 0.554. The molecule has 0 N–H and O–H groups in total. The van der Waals surface area contributed by atoms with Crippen LogP contribution in [0.4, 0.5) is 4.39 Å². The minimum absolute atomic E-state index is 0.0902. The lowest BCUT2D eigenvalue weighted by Gasteiger charge is -2.31. The Morgan fingerprint density at radius 2 is 1.64 bits per heavy atom. The van der Waals surface area contributed by atoms with Gasteiger partial charge in [0, 0.05) is 38.3 Å². The van der Waals surface area contributed by atoms with Gasteiger partial charge in [0.1, 0.15) is 23.9 Å². The lowest BCUT2D eigenvalue weighted by molar-refractivity contribution is -0.133. The normalized spacial score (nSPS) is 13.9. The fraction of sp³-hybridized carbons (Fsp3) is 0.357. The molecule has 4 rings (SSSR count). The Labute approximate surface area is 211 Å². The molecule has 1 fully saturated rings. The number of morpholine rings is 1. The number of furan rings is 1. The fourth-order valence-corrected chi connectivity index (χ4v) is 4.17. The van der Waals surface area contributed by atoms with Gasteiger partial charge in [-0.1, -0.05) is 30.3 Å². The van der Waals surface area contributed by atoms with E-state index in [0.717, 1.165) is 24.4 Å². The Morgan fingerprint density at radius 1 is 0.917 bits per heavy atom. The van der Waals surface area contributed by atoms with E-state index in [1.165, 1.54) is 24.3 Å². The van der Waals surface area contributed by atoms with Crippen LogP contribution in [0.3, 0.4) is 0 Å². The number of aryl methyl sites for hydroxylation is 1. The highest BCUT2D eigenvalue weighted by atomic mass is 19.1. The molecule has 190 valence electrons. The first kappa shape index (κ1) is 25.6. The lowest BCUT2D eigenvalue weighted by atomic mass is 10.2. The molecule has 0 unspecified atom stereocenters. The molecule has 0 atom stereocenters. The molecule has 2 heterocycles. The number of hydrogen-bond acceptors (Lipinski definition) is 5. The van der Waals surface area contributed by atoms with Crippen molar-refractivity contribution in [1.82, 2.24) is 14.7 Å². The van der Waals surface area contributed by atoms with Crippen LogP contribution in [0.2, 0.25) is 0 Å². The molecular weight excluding hydrogens is 461 g/mol. The van der Waals surface area contributed by atoms with Crippen molar-refractivity contribution in [2.24, 2.45) is 0 Å². The molecule has 36 heavy (non-hydrogen) atoms. The van der Waals surface area contributed by atoms with Crippen LogP contribution in [0.5, 0.6) is 0 Å². The van der Waals surface area contributed by atoms with Gasteiger partial charge in [-0.25, -0.2) is 4.39 Å². The van der Waals surface area contributed by atoms with E-state index in [9.17, 15) is 14.0 Å². The van der Waals surface area contributed by atoms with Crippen LogP contribution in [0, 0.1) is 12.7 Å². The van der Waals surface area contributed by atoms with Gasteiger partial charge in [0.15, 0.2) is 0 Å². The number of hydrogen-bond donors (Lipinski definition) is 0. The minimum atomic E-state index is -0.412. The van der Waals surface area contributed by atoms with E-state index in [1.807, 2.05) is 49.4 Å². The van der Waals surface area contributed by atoms with Gasteiger partial charge in [0.2, 0.25) is 5.91 Å². The van der Waals surface area contributed by atoms with Gasteiger partial charge in [0.25, 0.3) is 5.91 Å². The molecule has 1 aliphatic rings. The molecule has 1 aliphatic heterocycles. The van der Waals surface area contributed by atoms with Crippen LogP contribution in [-0.4, -0.2) is 72.5 Å². The van der Waals surface area contributed by atoms with Gasteiger partial charge >= 0.3 is 0 Å². The summed E-state index contributed by atoms with van der Waals surface area (Å²) >= 11 is 0. The average Bonchev–Trinajstić information content (AvgIpc) is 3.31. The molecule has 2 amide bonds. The van der Waals surface area contributed by atoms with Crippen LogP contribution in [0.15, 0.2) is 71.1 Å². The van der Waals surface area contributed by atoms with Crippen molar-refractivity contribution in [1.29, 1.82) is 0 Å². The zero-order chi connectivity index (χ0) is 25.3. The van der Waals surface area contributed by atoms with Gasteiger partial charge in [-0.05, 0) is 48.9 Å². The predicted molar refractivity (Wildman–Crippen MR) is 134 cm³/mol. The highest BCUT2D eigenvalue weighted by Crippen LogP contribution is 2.15. The second kappa shape index (κ2) is 12.5. The molecule has 0 bridgehead atoms. The van der Waals surface area contributed by atoms with Gasteiger partial charge in [-0.2, -0.15) is 0 Å². The number of benzene rings is 2. The SMILES string of the molecule is Cc1ccc(CN(Cc2ccccc2)C(=O)CN(CCN2CCOCC2)C(=O)c2ccc(F)cc2)o1. The molecule has 3 aromatic rings. The second-order valence-corrected chi connectivity index (χ2v) is 8.94. The monoisotopic (exact) mass is 493 g/mol. The number of rotatable bonds is 10. The van der Waals surface area contributed by atoms with Crippen molar-refractivity contribution in [3.63, 3.8) is 0 Å². The number of amides is 2. The van der Waals surface area contributed by atoms with E-state index in [0.29, 0.717) is 50.7 Å². The molecule has 0 aliphatic carbocycles. The summed E-state index contributed by atoms with van der Waals surface area (Å²) in [5.41, 5.74) is 1.33. The van der Waals surface area contributed by atoms with Crippen molar-refractivity contribution in [2.75, 3.05) is 45.9 Å². The maximum Gasteiger partial charge on any atom is 0.254 e. The van der Waals surface area contributed by atoms with E-state index < -0.39 is 5.82 Å². The molecule has 0 saturated carbocycles. The third-order valence-corrected chi connectivity index (χ3v) is 6.21. The summed E-state index contributed by atoms with van der Waals surface area (Å²) in [6.45, 7) is 6.33. The first-order chi connectivity index (χ1) is 17.5. The largest absolute Gasteiger partial charge is 0.464 e. The molecule has 7 nitrogen and oxygen atoms in total. The summed E-state index contributed by atoms with van der Waals surface area (Å²) in [6, 6.07) is 18.9. The zero-order valence-corrected chi connectivity index (χ0v) is 20.6. The molecule has 1 saturated heterocycles. The quantitative estimate of drug-likeness (QED) is 0.431. The van der Waals surface area contributed by atoms with Crippen molar-refractivity contribution >= 4 is 11.8 Å². The van der Waals surface area contributed by atoms with E-state index in [-0.39, 0.29) is 18.4 Å². The molecule has 8 heteroatoms. The Morgan fingerprint density at radius 3 is 2.31 bits per heavy atom. The molecule has 2 aromatic carbocycles. The van der Waals surface area contributed by atoms with Crippen molar-refractivity contribution in [2.45, 2.75) is 20.0 Å². The fourth-order valence-electron chi connectivity index (χ4n) is 4.17. The average molecular weight is 494 g/mol. The van der Waals surface area contributed by atoms with E-state index in [4.69, 9.17) is 9.15 Å². The molecular formula is C28H32FN3O4. The van der Waals surface area contributed by atoms with Crippen LogP contribution < -0.4 is 0 Å². The highest BCUT2D eigenvalue weighted by Gasteiger charge is 2.24. The van der Waals surface area contributed by atoms with Gasteiger partial charge in [-0.3, -0.25) is 14.5 Å².